The van der Waals surface area contributed by atoms with Crippen molar-refractivity contribution in [3.8, 4) is 0 Å². The molecular formula is C15H29N3O2. The summed E-state index contributed by atoms with van der Waals surface area (Å²) in [4.78, 5) is 25.5. The number of nitrogens with zero attached hydrogens (tertiary/aromatic N) is 1. The van der Waals surface area contributed by atoms with E-state index in [1.54, 1.807) is 11.9 Å². The second kappa shape index (κ2) is 7.50. The van der Waals surface area contributed by atoms with Crippen molar-refractivity contribution in [2.75, 3.05) is 13.6 Å². The van der Waals surface area contributed by atoms with Crippen LogP contribution in [0.25, 0.3) is 0 Å². The number of likely N-dealkylation sites (N-methyl/N-ethyl adjacent to an activating group) is 1. The van der Waals surface area contributed by atoms with Crippen molar-refractivity contribution < 1.29 is 9.59 Å². The highest BCUT2D eigenvalue weighted by Gasteiger charge is 2.30. The van der Waals surface area contributed by atoms with E-state index in [4.69, 9.17) is 0 Å². The van der Waals surface area contributed by atoms with Crippen molar-refractivity contribution in [3.63, 3.8) is 0 Å². The molecule has 0 aromatic carbocycles. The van der Waals surface area contributed by atoms with Gasteiger partial charge in [-0.2, -0.15) is 0 Å². The van der Waals surface area contributed by atoms with Gasteiger partial charge >= 0.3 is 6.03 Å². The quantitative estimate of drug-likeness (QED) is 0.783. The number of amides is 3. The van der Waals surface area contributed by atoms with Crippen LogP contribution in [-0.2, 0) is 4.79 Å². The van der Waals surface area contributed by atoms with Gasteiger partial charge in [0.2, 0.25) is 5.91 Å². The van der Waals surface area contributed by atoms with Crippen LogP contribution in [0.2, 0.25) is 0 Å². The highest BCUT2D eigenvalue weighted by Crippen LogP contribution is 2.13. The van der Waals surface area contributed by atoms with Crippen LogP contribution in [0.3, 0.4) is 0 Å². The second-order valence-corrected chi connectivity index (χ2v) is 6.67. The Hall–Kier alpha value is -1.26. The predicted octanol–water partition coefficient (Wildman–Crippen LogP) is 1.98. The van der Waals surface area contributed by atoms with Crippen molar-refractivity contribution in [2.24, 2.45) is 11.8 Å². The van der Waals surface area contributed by atoms with Gasteiger partial charge in [0.15, 0.2) is 0 Å². The van der Waals surface area contributed by atoms with E-state index in [2.05, 4.69) is 38.3 Å². The Morgan fingerprint density at radius 2 is 1.80 bits per heavy atom. The Balaban J connectivity index is 2.47. The molecule has 2 N–H and O–H groups in total. The molecule has 0 radical (unpaired) electrons. The molecule has 20 heavy (non-hydrogen) atoms. The number of rotatable bonds is 6. The molecule has 3 amide bonds. The molecule has 5 nitrogen and oxygen atoms in total. The van der Waals surface area contributed by atoms with Crippen molar-refractivity contribution in [1.29, 1.82) is 0 Å². The zero-order valence-electron chi connectivity index (χ0n) is 13.4. The average Bonchev–Trinajstić information content (AvgIpc) is 2.59. The number of likely N-dealkylation sites (tertiary alicyclic amines) is 1. The van der Waals surface area contributed by atoms with Gasteiger partial charge in [-0.05, 0) is 31.1 Å². The molecule has 1 aliphatic heterocycles. The summed E-state index contributed by atoms with van der Waals surface area (Å²) in [6, 6.07) is -0.409. The fraction of sp³-hybridized carbons (Fsp3) is 0.867. The molecule has 0 aromatic rings. The van der Waals surface area contributed by atoms with Gasteiger partial charge in [-0.25, -0.2) is 4.79 Å². The average molecular weight is 283 g/mol. The van der Waals surface area contributed by atoms with Gasteiger partial charge in [-0.1, -0.05) is 27.7 Å². The minimum Gasteiger partial charge on any atom is -0.344 e. The van der Waals surface area contributed by atoms with E-state index in [0.29, 0.717) is 24.8 Å². The van der Waals surface area contributed by atoms with Crippen LogP contribution in [0.15, 0.2) is 0 Å². The number of urea groups is 1. The smallest absolute Gasteiger partial charge is 0.315 e. The highest BCUT2D eigenvalue weighted by molar-refractivity contribution is 5.88. The number of carbonyl (C=O) groups excluding carboxylic acids is 2. The first kappa shape index (κ1) is 16.8. The Labute approximate surface area is 122 Å². The zero-order chi connectivity index (χ0) is 15.3. The van der Waals surface area contributed by atoms with E-state index < -0.39 is 0 Å². The standard InChI is InChI=1S/C15H29N3O2/c1-10(2)8-12(9-11(3)4)16-15(20)17-13-6-7-18(5)14(13)19/h10-13H,6-9H2,1-5H3,(H2,16,17,20)/t13-/m0/s1. The summed E-state index contributed by atoms with van der Waals surface area (Å²) in [6.45, 7) is 9.33. The summed E-state index contributed by atoms with van der Waals surface area (Å²) in [5.74, 6) is 1.08. The van der Waals surface area contributed by atoms with Crippen molar-refractivity contribution in [2.45, 2.75) is 59.0 Å². The molecule has 1 rings (SSSR count). The molecule has 5 heteroatoms. The van der Waals surface area contributed by atoms with Gasteiger partial charge in [0, 0.05) is 19.6 Å². The molecule has 0 bridgehead atoms. The minimum atomic E-state index is -0.362. The third-order valence-electron chi connectivity index (χ3n) is 3.58. The zero-order valence-corrected chi connectivity index (χ0v) is 13.4. The van der Waals surface area contributed by atoms with E-state index in [1.165, 1.54) is 0 Å². The molecule has 1 saturated heterocycles. The van der Waals surface area contributed by atoms with Crippen molar-refractivity contribution in [3.05, 3.63) is 0 Å². The summed E-state index contributed by atoms with van der Waals surface area (Å²) in [5.41, 5.74) is 0. The largest absolute Gasteiger partial charge is 0.344 e. The van der Waals surface area contributed by atoms with Crippen LogP contribution in [0, 0.1) is 11.8 Å². The van der Waals surface area contributed by atoms with Gasteiger partial charge in [-0.3, -0.25) is 4.79 Å². The fourth-order valence-corrected chi connectivity index (χ4v) is 2.69. The lowest BCUT2D eigenvalue weighted by atomic mass is 9.96. The van der Waals surface area contributed by atoms with Crippen LogP contribution >= 0.6 is 0 Å². The van der Waals surface area contributed by atoms with Gasteiger partial charge in [0.1, 0.15) is 6.04 Å². The molecule has 0 saturated carbocycles. The molecular weight excluding hydrogens is 254 g/mol. The van der Waals surface area contributed by atoms with Crippen LogP contribution < -0.4 is 10.6 Å². The molecule has 1 fully saturated rings. The molecule has 0 spiro atoms. The first-order valence-corrected chi connectivity index (χ1v) is 7.61. The Morgan fingerprint density at radius 1 is 1.25 bits per heavy atom. The van der Waals surface area contributed by atoms with E-state index in [1.807, 2.05) is 0 Å². The SMILES string of the molecule is CC(C)CC(CC(C)C)NC(=O)N[C@H]1CCN(C)C1=O. The van der Waals surface area contributed by atoms with Crippen LogP contribution in [0.5, 0.6) is 0 Å². The van der Waals surface area contributed by atoms with Gasteiger partial charge < -0.3 is 15.5 Å². The van der Waals surface area contributed by atoms with Crippen molar-refractivity contribution >= 4 is 11.9 Å². The number of hydrogen-bond donors (Lipinski definition) is 2. The lowest BCUT2D eigenvalue weighted by Crippen LogP contribution is -2.49. The normalized spacial score (nSPS) is 19.3. The Morgan fingerprint density at radius 3 is 2.20 bits per heavy atom. The summed E-state index contributed by atoms with van der Waals surface area (Å²) < 4.78 is 0. The molecule has 1 atom stereocenters. The lowest BCUT2D eigenvalue weighted by molar-refractivity contribution is -0.128. The summed E-state index contributed by atoms with van der Waals surface area (Å²) >= 11 is 0. The van der Waals surface area contributed by atoms with Crippen molar-refractivity contribution in [1.82, 2.24) is 15.5 Å². The topological polar surface area (TPSA) is 61.4 Å². The molecule has 1 aliphatic rings. The monoisotopic (exact) mass is 283 g/mol. The van der Waals surface area contributed by atoms with Crippen LogP contribution in [-0.4, -0.2) is 42.5 Å². The Kier molecular flexibility index (Phi) is 6.30. The van der Waals surface area contributed by atoms with E-state index in [-0.39, 0.29) is 24.0 Å². The lowest BCUT2D eigenvalue weighted by Gasteiger charge is -2.23. The van der Waals surface area contributed by atoms with Gasteiger partial charge in [0.05, 0.1) is 0 Å². The summed E-state index contributed by atoms with van der Waals surface area (Å²) in [7, 11) is 1.77. The van der Waals surface area contributed by atoms with E-state index >= 15 is 0 Å². The third kappa shape index (κ3) is 5.39. The molecule has 0 aromatic heterocycles. The Bertz CT molecular complexity index is 332. The predicted molar refractivity (Wildman–Crippen MR) is 80.4 cm³/mol. The molecule has 0 aliphatic carbocycles. The fourth-order valence-electron chi connectivity index (χ4n) is 2.69. The van der Waals surface area contributed by atoms with E-state index in [9.17, 15) is 9.59 Å². The van der Waals surface area contributed by atoms with E-state index in [0.717, 1.165) is 12.8 Å². The number of carbonyl (C=O) groups is 2. The maximum atomic E-state index is 12.0. The van der Waals surface area contributed by atoms with Crippen LogP contribution in [0.1, 0.15) is 47.0 Å². The highest BCUT2D eigenvalue weighted by atomic mass is 16.2. The molecule has 0 unspecified atom stereocenters. The first-order valence-electron chi connectivity index (χ1n) is 7.61. The van der Waals surface area contributed by atoms with Gasteiger partial charge in [-0.15, -0.1) is 0 Å². The molecule has 1 heterocycles. The number of hydrogen-bond acceptors (Lipinski definition) is 2. The maximum absolute atomic E-state index is 12.0. The molecule has 116 valence electrons. The van der Waals surface area contributed by atoms with Gasteiger partial charge in [0.25, 0.3) is 0 Å². The third-order valence-corrected chi connectivity index (χ3v) is 3.58. The van der Waals surface area contributed by atoms with Crippen LogP contribution in [0.4, 0.5) is 4.79 Å². The summed E-state index contributed by atoms with van der Waals surface area (Å²) in [6.07, 6.45) is 2.62. The maximum Gasteiger partial charge on any atom is 0.315 e. The minimum absolute atomic E-state index is 0.00409. The summed E-state index contributed by atoms with van der Waals surface area (Å²) in [5, 5.41) is 5.82. The first-order chi connectivity index (χ1) is 9.29. The second-order valence-electron chi connectivity index (χ2n) is 6.67. The number of nitrogens with one attached hydrogen (secondary N) is 2.